The second-order valence-electron chi connectivity index (χ2n) is 4.71. The first-order valence-electron chi connectivity index (χ1n) is 6.46. The SMILES string of the molecule is O=C(Cc1ccc(Br)cc1F)c1cccc2ncccc12. The van der Waals surface area contributed by atoms with Gasteiger partial charge in [0.05, 0.1) is 5.52 Å². The first-order chi connectivity index (χ1) is 10.1. The lowest BCUT2D eigenvalue weighted by Crippen LogP contribution is -2.06. The molecular weight excluding hydrogens is 333 g/mol. The molecule has 0 bridgehead atoms. The van der Waals surface area contributed by atoms with E-state index in [1.54, 1.807) is 36.5 Å². The van der Waals surface area contributed by atoms with Gasteiger partial charge in [0.1, 0.15) is 5.82 Å². The van der Waals surface area contributed by atoms with E-state index in [0.29, 0.717) is 15.6 Å². The van der Waals surface area contributed by atoms with Crippen LogP contribution in [0.5, 0.6) is 0 Å². The number of aromatic nitrogens is 1. The number of Topliss-reactive ketones (excluding diaryl/α,β-unsaturated/α-hetero) is 1. The van der Waals surface area contributed by atoms with Crippen molar-refractivity contribution in [1.29, 1.82) is 0 Å². The molecule has 0 aliphatic rings. The van der Waals surface area contributed by atoms with E-state index in [4.69, 9.17) is 0 Å². The van der Waals surface area contributed by atoms with Crippen molar-refractivity contribution >= 4 is 32.6 Å². The van der Waals surface area contributed by atoms with Crippen LogP contribution in [-0.4, -0.2) is 10.8 Å². The predicted molar refractivity (Wildman–Crippen MR) is 83.9 cm³/mol. The van der Waals surface area contributed by atoms with Crippen molar-refractivity contribution in [3.8, 4) is 0 Å². The minimum atomic E-state index is -0.379. The van der Waals surface area contributed by atoms with Crippen LogP contribution in [0.1, 0.15) is 15.9 Å². The van der Waals surface area contributed by atoms with Crippen LogP contribution in [-0.2, 0) is 6.42 Å². The molecule has 104 valence electrons. The quantitative estimate of drug-likeness (QED) is 0.652. The summed E-state index contributed by atoms with van der Waals surface area (Å²) < 4.78 is 14.5. The summed E-state index contributed by atoms with van der Waals surface area (Å²) in [6.45, 7) is 0. The third-order valence-electron chi connectivity index (χ3n) is 3.31. The van der Waals surface area contributed by atoms with Gasteiger partial charge in [-0.25, -0.2) is 4.39 Å². The summed E-state index contributed by atoms with van der Waals surface area (Å²) in [7, 11) is 0. The summed E-state index contributed by atoms with van der Waals surface area (Å²) in [6, 6.07) is 13.8. The van der Waals surface area contributed by atoms with Crippen molar-refractivity contribution in [2.24, 2.45) is 0 Å². The van der Waals surface area contributed by atoms with E-state index in [0.717, 1.165) is 10.9 Å². The first kappa shape index (κ1) is 13.9. The number of carbonyl (C=O) groups is 1. The first-order valence-corrected chi connectivity index (χ1v) is 7.25. The van der Waals surface area contributed by atoms with Gasteiger partial charge in [0.2, 0.25) is 0 Å². The summed E-state index contributed by atoms with van der Waals surface area (Å²) in [5, 5.41) is 0.794. The van der Waals surface area contributed by atoms with E-state index >= 15 is 0 Å². The van der Waals surface area contributed by atoms with Gasteiger partial charge < -0.3 is 0 Å². The van der Waals surface area contributed by atoms with E-state index in [1.165, 1.54) is 6.07 Å². The van der Waals surface area contributed by atoms with Crippen LogP contribution in [0.25, 0.3) is 10.9 Å². The van der Waals surface area contributed by atoms with Gasteiger partial charge in [-0.1, -0.05) is 40.2 Å². The third-order valence-corrected chi connectivity index (χ3v) is 3.81. The topological polar surface area (TPSA) is 30.0 Å². The lowest BCUT2D eigenvalue weighted by molar-refractivity contribution is 0.0993. The monoisotopic (exact) mass is 343 g/mol. The van der Waals surface area contributed by atoms with Gasteiger partial charge in [0.15, 0.2) is 5.78 Å². The zero-order valence-corrected chi connectivity index (χ0v) is 12.6. The normalized spacial score (nSPS) is 10.8. The number of pyridine rings is 1. The van der Waals surface area contributed by atoms with Crippen LogP contribution in [0.15, 0.2) is 59.2 Å². The van der Waals surface area contributed by atoms with Crippen LogP contribution in [0.2, 0.25) is 0 Å². The molecule has 1 aromatic heterocycles. The number of fused-ring (bicyclic) bond motifs is 1. The Hall–Kier alpha value is -2.07. The van der Waals surface area contributed by atoms with Crippen molar-refractivity contribution in [2.45, 2.75) is 6.42 Å². The molecule has 0 saturated carbocycles. The van der Waals surface area contributed by atoms with Crippen molar-refractivity contribution in [2.75, 3.05) is 0 Å². The lowest BCUT2D eigenvalue weighted by Gasteiger charge is -2.06. The highest BCUT2D eigenvalue weighted by molar-refractivity contribution is 9.10. The molecule has 0 unspecified atom stereocenters. The maximum atomic E-state index is 13.8. The van der Waals surface area contributed by atoms with E-state index in [-0.39, 0.29) is 18.0 Å². The molecule has 0 fully saturated rings. The van der Waals surface area contributed by atoms with Crippen molar-refractivity contribution in [3.63, 3.8) is 0 Å². The molecule has 1 heterocycles. The Morgan fingerprint density at radius 3 is 2.81 bits per heavy atom. The van der Waals surface area contributed by atoms with E-state index in [9.17, 15) is 9.18 Å². The molecule has 0 radical (unpaired) electrons. The number of rotatable bonds is 3. The maximum Gasteiger partial charge on any atom is 0.168 e. The maximum absolute atomic E-state index is 13.8. The minimum absolute atomic E-state index is 0.0348. The highest BCUT2D eigenvalue weighted by Gasteiger charge is 2.13. The molecule has 3 rings (SSSR count). The number of benzene rings is 2. The standard InChI is InChI=1S/C17H11BrFNO/c18-12-7-6-11(15(19)10-12)9-17(21)14-3-1-5-16-13(14)4-2-8-20-16/h1-8,10H,9H2. The van der Waals surface area contributed by atoms with Crippen molar-refractivity contribution in [1.82, 2.24) is 4.98 Å². The fraction of sp³-hybridized carbons (Fsp3) is 0.0588. The Kier molecular flexibility index (Phi) is 3.80. The molecule has 0 amide bonds. The number of ketones is 1. The number of nitrogens with zero attached hydrogens (tertiary/aromatic N) is 1. The third kappa shape index (κ3) is 2.85. The lowest BCUT2D eigenvalue weighted by atomic mass is 9.99. The van der Waals surface area contributed by atoms with Gasteiger partial charge in [0.25, 0.3) is 0 Å². The molecule has 4 heteroatoms. The molecule has 0 spiro atoms. The number of hydrogen-bond donors (Lipinski definition) is 0. The molecule has 0 aliphatic heterocycles. The number of halogens is 2. The van der Waals surface area contributed by atoms with E-state index in [1.807, 2.05) is 12.1 Å². The summed E-state index contributed by atoms with van der Waals surface area (Å²) in [4.78, 5) is 16.7. The van der Waals surface area contributed by atoms with Gasteiger partial charge in [-0.3, -0.25) is 9.78 Å². The molecule has 2 aromatic carbocycles. The van der Waals surface area contributed by atoms with Crippen LogP contribution < -0.4 is 0 Å². The molecule has 0 saturated heterocycles. The van der Waals surface area contributed by atoms with Crippen LogP contribution >= 0.6 is 15.9 Å². The summed E-state index contributed by atoms with van der Waals surface area (Å²) in [6.07, 6.45) is 1.72. The number of carbonyl (C=O) groups excluding carboxylic acids is 1. The van der Waals surface area contributed by atoms with Crippen LogP contribution in [0, 0.1) is 5.82 Å². The molecule has 3 aromatic rings. The Morgan fingerprint density at radius 2 is 2.00 bits per heavy atom. The molecular formula is C17H11BrFNO. The highest BCUT2D eigenvalue weighted by atomic mass is 79.9. The fourth-order valence-corrected chi connectivity index (χ4v) is 2.61. The van der Waals surface area contributed by atoms with Crippen LogP contribution in [0.3, 0.4) is 0 Å². The van der Waals surface area contributed by atoms with Crippen molar-refractivity contribution < 1.29 is 9.18 Å². The largest absolute Gasteiger partial charge is 0.294 e. The van der Waals surface area contributed by atoms with Gasteiger partial charge in [0, 0.05) is 28.0 Å². The summed E-state index contributed by atoms with van der Waals surface area (Å²) >= 11 is 3.21. The van der Waals surface area contributed by atoms with Crippen LogP contribution in [0.4, 0.5) is 4.39 Å². The molecule has 2 nitrogen and oxygen atoms in total. The molecule has 0 N–H and O–H groups in total. The minimum Gasteiger partial charge on any atom is -0.294 e. The zero-order chi connectivity index (χ0) is 14.8. The predicted octanol–water partition coefficient (Wildman–Crippen LogP) is 4.56. The Bertz CT molecular complexity index is 827. The highest BCUT2D eigenvalue weighted by Crippen LogP contribution is 2.21. The van der Waals surface area contributed by atoms with E-state index < -0.39 is 0 Å². The van der Waals surface area contributed by atoms with Gasteiger partial charge in [-0.15, -0.1) is 0 Å². The Labute approximate surface area is 129 Å². The molecule has 0 atom stereocenters. The number of hydrogen-bond acceptors (Lipinski definition) is 2. The van der Waals surface area contributed by atoms with Gasteiger partial charge in [-0.05, 0) is 29.8 Å². The summed E-state index contributed by atoms with van der Waals surface area (Å²) in [5.74, 6) is -0.495. The average molecular weight is 344 g/mol. The van der Waals surface area contributed by atoms with E-state index in [2.05, 4.69) is 20.9 Å². The van der Waals surface area contributed by atoms with Crippen molar-refractivity contribution in [3.05, 3.63) is 76.1 Å². The second-order valence-corrected chi connectivity index (χ2v) is 5.63. The summed E-state index contributed by atoms with van der Waals surface area (Å²) in [5.41, 5.74) is 1.73. The average Bonchev–Trinajstić information content (AvgIpc) is 2.49. The Balaban J connectivity index is 1.97. The molecule has 0 aliphatic carbocycles. The zero-order valence-electron chi connectivity index (χ0n) is 11.0. The van der Waals surface area contributed by atoms with Gasteiger partial charge in [-0.2, -0.15) is 0 Å². The van der Waals surface area contributed by atoms with Gasteiger partial charge >= 0.3 is 0 Å². The Morgan fingerprint density at radius 1 is 1.14 bits per heavy atom. The molecule has 21 heavy (non-hydrogen) atoms. The second kappa shape index (κ2) is 5.74. The fourth-order valence-electron chi connectivity index (χ4n) is 2.28. The smallest absolute Gasteiger partial charge is 0.168 e.